The molecule has 6 heteroatoms. The van der Waals surface area contributed by atoms with E-state index in [0.29, 0.717) is 6.54 Å². The van der Waals surface area contributed by atoms with Crippen LogP contribution in [0.3, 0.4) is 0 Å². The second kappa shape index (κ2) is 7.57. The highest BCUT2D eigenvalue weighted by Crippen LogP contribution is 2.11. The first-order valence-electron chi connectivity index (χ1n) is 6.60. The zero-order valence-corrected chi connectivity index (χ0v) is 12.6. The van der Waals surface area contributed by atoms with Crippen LogP contribution in [0.2, 0.25) is 0 Å². The van der Waals surface area contributed by atoms with Gasteiger partial charge in [-0.15, -0.1) is 0 Å². The van der Waals surface area contributed by atoms with E-state index >= 15 is 0 Å². The van der Waals surface area contributed by atoms with Crippen molar-refractivity contribution >= 4 is 10.0 Å². The Morgan fingerprint density at radius 1 is 1.32 bits per heavy atom. The predicted molar refractivity (Wildman–Crippen MR) is 77.3 cm³/mol. The number of sulfonamides is 1. The van der Waals surface area contributed by atoms with Crippen LogP contribution in [0.25, 0.3) is 0 Å². The molecule has 0 saturated heterocycles. The molecule has 0 aliphatic rings. The molecule has 2 atom stereocenters. The summed E-state index contributed by atoms with van der Waals surface area (Å²) >= 11 is 0. The average Bonchev–Trinajstić information content (AvgIpc) is 2.39. The number of nitrogens with zero attached hydrogens (tertiary/aromatic N) is 1. The molecule has 0 radical (unpaired) electrons. The van der Waals surface area contributed by atoms with Gasteiger partial charge in [-0.3, -0.25) is 4.98 Å². The molecule has 2 unspecified atom stereocenters. The van der Waals surface area contributed by atoms with E-state index in [2.05, 4.69) is 15.0 Å². The molecule has 108 valence electrons. The monoisotopic (exact) mass is 285 g/mol. The fourth-order valence-corrected chi connectivity index (χ4v) is 2.83. The van der Waals surface area contributed by atoms with E-state index < -0.39 is 15.3 Å². The zero-order valence-electron chi connectivity index (χ0n) is 11.8. The minimum Gasteiger partial charge on any atom is -0.315 e. The Hall–Kier alpha value is -0.980. The van der Waals surface area contributed by atoms with E-state index in [4.69, 9.17) is 0 Å². The Morgan fingerprint density at radius 2 is 2.05 bits per heavy atom. The van der Waals surface area contributed by atoms with E-state index in [9.17, 15) is 8.42 Å². The zero-order chi connectivity index (χ0) is 14.3. The summed E-state index contributed by atoms with van der Waals surface area (Å²) in [6.45, 7) is 6.84. The summed E-state index contributed by atoms with van der Waals surface area (Å²) < 4.78 is 26.9. The van der Waals surface area contributed by atoms with Gasteiger partial charge in [0.05, 0.1) is 17.0 Å². The maximum absolute atomic E-state index is 12.1. The summed E-state index contributed by atoms with van der Waals surface area (Å²) in [6.07, 6.45) is 2.65. The molecule has 0 bridgehead atoms. The van der Waals surface area contributed by atoms with Gasteiger partial charge in [0.2, 0.25) is 10.0 Å². The molecule has 1 rings (SSSR count). The Kier molecular flexibility index (Phi) is 6.41. The van der Waals surface area contributed by atoms with Crippen molar-refractivity contribution in [3.63, 3.8) is 0 Å². The fourth-order valence-electron chi connectivity index (χ4n) is 1.65. The highest BCUT2D eigenvalue weighted by molar-refractivity contribution is 7.90. The van der Waals surface area contributed by atoms with E-state index in [1.165, 1.54) is 0 Å². The van der Waals surface area contributed by atoms with Crippen LogP contribution in [0.15, 0.2) is 24.4 Å². The number of pyridine rings is 1. The van der Waals surface area contributed by atoms with Crippen LogP contribution in [-0.4, -0.2) is 31.7 Å². The van der Waals surface area contributed by atoms with Gasteiger partial charge in [0.15, 0.2) is 0 Å². The van der Waals surface area contributed by atoms with Crippen molar-refractivity contribution in [3.8, 4) is 0 Å². The summed E-state index contributed by atoms with van der Waals surface area (Å²) in [6, 6.07) is 5.15. The summed E-state index contributed by atoms with van der Waals surface area (Å²) in [5.74, 6) is 0. The third kappa shape index (κ3) is 5.26. The normalized spacial score (nSPS) is 15.1. The molecule has 2 N–H and O–H groups in total. The van der Waals surface area contributed by atoms with Gasteiger partial charge in [-0.1, -0.05) is 13.0 Å². The molecule has 19 heavy (non-hydrogen) atoms. The number of hydrogen-bond donors (Lipinski definition) is 2. The summed E-state index contributed by atoms with van der Waals surface area (Å²) in [5.41, 5.74) is 0.722. The maximum Gasteiger partial charge on any atom is 0.216 e. The topological polar surface area (TPSA) is 71.1 Å². The van der Waals surface area contributed by atoms with Gasteiger partial charge >= 0.3 is 0 Å². The first-order valence-corrected chi connectivity index (χ1v) is 8.14. The molecule has 0 aliphatic heterocycles. The minimum absolute atomic E-state index is 0.320. The molecule has 0 amide bonds. The van der Waals surface area contributed by atoms with E-state index in [0.717, 1.165) is 18.7 Å². The fraction of sp³-hybridized carbons (Fsp3) is 0.615. The summed E-state index contributed by atoms with van der Waals surface area (Å²) in [5, 5.41) is 2.65. The van der Waals surface area contributed by atoms with Crippen LogP contribution in [0.4, 0.5) is 0 Å². The van der Waals surface area contributed by atoms with Crippen LogP contribution in [0.5, 0.6) is 0 Å². The smallest absolute Gasteiger partial charge is 0.216 e. The van der Waals surface area contributed by atoms with Gasteiger partial charge in [0.1, 0.15) is 0 Å². The lowest BCUT2D eigenvalue weighted by Crippen LogP contribution is -2.40. The van der Waals surface area contributed by atoms with Crippen LogP contribution >= 0.6 is 0 Å². The summed E-state index contributed by atoms with van der Waals surface area (Å²) in [4.78, 5) is 4.16. The number of aromatic nitrogens is 1. The highest BCUT2D eigenvalue weighted by atomic mass is 32.2. The van der Waals surface area contributed by atoms with Gasteiger partial charge in [-0.05, 0) is 38.9 Å². The Morgan fingerprint density at radius 3 is 2.63 bits per heavy atom. The second-order valence-electron chi connectivity index (χ2n) is 4.65. The van der Waals surface area contributed by atoms with Crippen molar-refractivity contribution in [2.45, 2.75) is 38.5 Å². The summed E-state index contributed by atoms with van der Waals surface area (Å²) in [7, 11) is -3.34. The van der Waals surface area contributed by atoms with Gasteiger partial charge in [0, 0.05) is 12.7 Å². The molecule has 1 aromatic heterocycles. The molecule has 1 aromatic rings. The molecule has 0 aliphatic carbocycles. The lowest BCUT2D eigenvalue weighted by atomic mass is 10.2. The lowest BCUT2D eigenvalue weighted by Gasteiger charge is -2.18. The third-order valence-electron chi connectivity index (χ3n) is 2.86. The molecule has 0 aromatic carbocycles. The molecular formula is C13H23N3O2S. The molecule has 0 fully saturated rings. The first-order chi connectivity index (χ1) is 8.97. The van der Waals surface area contributed by atoms with Gasteiger partial charge in [-0.25, -0.2) is 13.1 Å². The molecule has 5 nitrogen and oxygen atoms in total. The average molecular weight is 285 g/mol. The van der Waals surface area contributed by atoms with Gasteiger partial charge in [0.25, 0.3) is 0 Å². The Labute approximate surface area is 115 Å². The number of nitrogens with one attached hydrogen (secondary N) is 2. The van der Waals surface area contributed by atoms with Crippen molar-refractivity contribution in [2.75, 3.05) is 13.1 Å². The first kappa shape index (κ1) is 16.1. The van der Waals surface area contributed by atoms with Crippen molar-refractivity contribution in [1.82, 2.24) is 15.0 Å². The van der Waals surface area contributed by atoms with Crippen LogP contribution in [0, 0.1) is 0 Å². The second-order valence-corrected chi connectivity index (χ2v) is 6.78. The quantitative estimate of drug-likeness (QED) is 0.709. The Bertz CT molecular complexity index is 462. The molecule has 1 heterocycles. The molecular weight excluding hydrogens is 262 g/mol. The van der Waals surface area contributed by atoms with E-state index in [1.807, 2.05) is 25.1 Å². The highest BCUT2D eigenvalue weighted by Gasteiger charge is 2.23. The van der Waals surface area contributed by atoms with E-state index in [-0.39, 0.29) is 6.04 Å². The van der Waals surface area contributed by atoms with Crippen LogP contribution < -0.4 is 10.0 Å². The van der Waals surface area contributed by atoms with Crippen LogP contribution in [0.1, 0.15) is 38.9 Å². The molecule has 0 spiro atoms. The van der Waals surface area contributed by atoms with Crippen LogP contribution in [-0.2, 0) is 10.0 Å². The van der Waals surface area contributed by atoms with Crippen molar-refractivity contribution in [3.05, 3.63) is 30.1 Å². The van der Waals surface area contributed by atoms with Gasteiger partial charge in [-0.2, -0.15) is 0 Å². The minimum atomic E-state index is -3.34. The SMILES string of the molecule is CCCNCC(C)S(=O)(=O)NC(C)c1ccccn1. The van der Waals surface area contributed by atoms with Crippen molar-refractivity contribution in [2.24, 2.45) is 0 Å². The van der Waals surface area contributed by atoms with Crippen molar-refractivity contribution < 1.29 is 8.42 Å². The number of hydrogen-bond acceptors (Lipinski definition) is 4. The Balaban J connectivity index is 2.59. The van der Waals surface area contributed by atoms with Crippen molar-refractivity contribution in [1.29, 1.82) is 0 Å². The largest absolute Gasteiger partial charge is 0.315 e. The molecule has 0 saturated carbocycles. The standard InChI is InChI=1S/C13H23N3O2S/c1-4-8-14-10-11(2)19(17,18)16-12(3)13-7-5-6-9-15-13/h5-7,9,11-12,14,16H,4,8,10H2,1-3H3. The maximum atomic E-state index is 12.1. The predicted octanol–water partition coefficient (Wildman–Crippen LogP) is 1.45. The lowest BCUT2D eigenvalue weighted by molar-refractivity contribution is 0.542. The van der Waals surface area contributed by atoms with Gasteiger partial charge < -0.3 is 5.32 Å². The third-order valence-corrected chi connectivity index (χ3v) is 4.77. The number of rotatable bonds is 8. The van der Waals surface area contributed by atoms with E-state index in [1.54, 1.807) is 20.0 Å².